The van der Waals surface area contributed by atoms with E-state index in [4.69, 9.17) is 0 Å². The Balaban J connectivity index is 1.74. The summed E-state index contributed by atoms with van der Waals surface area (Å²) >= 11 is 4.24. The minimum absolute atomic E-state index is 0.157. The Morgan fingerprint density at radius 3 is 2.22 bits per heavy atom. The number of hydrogen-bond donors (Lipinski definition) is 1. The first-order chi connectivity index (χ1) is 8.78. The van der Waals surface area contributed by atoms with Crippen molar-refractivity contribution in [1.82, 2.24) is 9.80 Å². The summed E-state index contributed by atoms with van der Waals surface area (Å²) in [4.78, 5) is 4.93. The SMILES string of the molecule is Fc1ccc(CN2CCN(CCCS)CC2)cc1. The molecule has 0 aliphatic carbocycles. The second-order valence-electron chi connectivity index (χ2n) is 4.82. The van der Waals surface area contributed by atoms with E-state index in [0.717, 1.165) is 45.0 Å². The largest absolute Gasteiger partial charge is 0.301 e. The molecule has 1 aliphatic rings. The van der Waals surface area contributed by atoms with Crippen LogP contribution in [-0.2, 0) is 6.54 Å². The lowest BCUT2D eigenvalue weighted by Crippen LogP contribution is -2.46. The van der Waals surface area contributed by atoms with E-state index in [9.17, 15) is 4.39 Å². The van der Waals surface area contributed by atoms with Crippen molar-refractivity contribution >= 4 is 12.6 Å². The molecule has 1 aromatic rings. The number of rotatable bonds is 5. The van der Waals surface area contributed by atoms with Crippen molar-refractivity contribution in [2.75, 3.05) is 38.5 Å². The van der Waals surface area contributed by atoms with Crippen molar-refractivity contribution in [1.29, 1.82) is 0 Å². The zero-order valence-electron chi connectivity index (χ0n) is 10.7. The van der Waals surface area contributed by atoms with Gasteiger partial charge in [-0.25, -0.2) is 4.39 Å². The topological polar surface area (TPSA) is 6.48 Å². The maximum atomic E-state index is 12.8. The number of nitrogens with zero attached hydrogens (tertiary/aromatic N) is 2. The monoisotopic (exact) mass is 268 g/mol. The van der Waals surface area contributed by atoms with E-state index in [0.29, 0.717) is 0 Å². The maximum absolute atomic E-state index is 12.8. The highest BCUT2D eigenvalue weighted by molar-refractivity contribution is 7.80. The van der Waals surface area contributed by atoms with Gasteiger partial charge in [0.05, 0.1) is 0 Å². The van der Waals surface area contributed by atoms with Crippen LogP contribution in [0, 0.1) is 5.82 Å². The average Bonchev–Trinajstić information content (AvgIpc) is 2.41. The fourth-order valence-corrected chi connectivity index (χ4v) is 2.45. The average molecular weight is 268 g/mol. The minimum atomic E-state index is -0.157. The van der Waals surface area contributed by atoms with Crippen molar-refractivity contribution < 1.29 is 4.39 Å². The molecule has 100 valence electrons. The van der Waals surface area contributed by atoms with Gasteiger partial charge >= 0.3 is 0 Å². The van der Waals surface area contributed by atoms with Gasteiger partial charge in [-0.1, -0.05) is 12.1 Å². The van der Waals surface area contributed by atoms with Gasteiger partial charge in [0.25, 0.3) is 0 Å². The predicted octanol–water partition coefficient (Wildman–Crippen LogP) is 2.26. The van der Waals surface area contributed by atoms with Crippen LogP contribution in [-0.4, -0.2) is 48.3 Å². The van der Waals surface area contributed by atoms with Gasteiger partial charge in [-0.15, -0.1) is 0 Å². The molecule has 0 radical (unpaired) electrons. The van der Waals surface area contributed by atoms with Gasteiger partial charge in [-0.2, -0.15) is 12.6 Å². The standard InChI is InChI=1S/C14H21FN2S/c15-14-4-2-13(3-5-14)12-17-9-7-16(8-10-17)6-1-11-18/h2-5,18H,1,6-12H2. The van der Waals surface area contributed by atoms with Crippen LogP contribution in [0.15, 0.2) is 24.3 Å². The number of hydrogen-bond acceptors (Lipinski definition) is 3. The molecule has 0 N–H and O–H groups in total. The third kappa shape index (κ3) is 4.26. The molecule has 0 saturated carbocycles. The van der Waals surface area contributed by atoms with E-state index in [1.54, 1.807) is 0 Å². The molecule has 1 heterocycles. The van der Waals surface area contributed by atoms with Crippen LogP contribution in [0.2, 0.25) is 0 Å². The third-order valence-electron chi connectivity index (χ3n) is 3.42. The minimum Gasteiger partial charge on any atom is -0.301 e. The molecule has 1 saturated heterocycles. The number of halogens is 1. The second-order valence-corrected chi connectivity index (χ2v) is 5.27. The lowest BCUT2D eigenvalue weighted by molar-refractivity contribution is 0.127. The van der Waals surface area contributed by atoms with E-state index in [1.807, 2.05) is 12.1 Å². The molecule has 1 fully saturated rings. The summed E-state index contributed by atoms with van der Waals surface area (Å²) in [6, 6.07) is 6.84. The van der Waals surface area contributed by atoms with Crippen LogP contribution >= 0.6 is 12.6 Å². The molecule has 1 aliphatic heterocycles. The molecule has 2 rings (SSSR count). The van der Waals surface area contributed by atoms with Gasteiger partial charge in [0.1, 0.15) is 5.82 Å². The van der Waals surface area contributed by atoms with Gasteiger partial charge in [0.15, 0.2) is 0 Å². The highest BCUT2D eigenvalue weighted by Gasteiger charge is 2.16. The van der Waals surface area contributed by atoms with Crippen LogP contribution in [0.5, 0.6) is 0 Å². The summed E-state index contributed by atoms with van der Waals surface area (Å²) in [5.41, 5.74) is 1.19. The molecule has 4 heteroatoms. The van der Waals surface area contributed by atoms with Crippen molar-refractivity contribution in [2.45, 2.75) is 13.0 Å². The normalized spacial score (nSPS) is 18.1. The summed E-state index contributed by atoms with van der Waals surface area (Å²) in [5, 5.41) is 0. The Morgan fingerprint density at radius 1 is 1.00 bits per heavy atom. The van der Waals surface area contributed by atoms with Crippen LogP contribution in [0.25, 0.3) is 0 Å². The van der Waals surface area contributed by atoms with E-state index in [1.165, 1.54) is 24.1 Å². The van der Waals surface area contributed by atoms with Crippen molar-refractivity contribution in [3.05, 3.63) is 35.6 Å². The highest BCUT2D eigenvalue weighted by atomic mass is 32.1. The van der Waals surface area contributed by atoms with Crippen molar-refractivity contribution in [3.63, 3.8) is 0 Å². The summed E-state index contributed by atoms with van der Waals surface area (Å²) in [6.07, 6.45) is 1.17. The molecule has 0 bridgehead atoms. The van der Waals surface area contributed by atoms with E-state index < -0.39 is 0 Å². The fraction of sp³-hybridized carbons (Fsp3) is 0.571. The van der Waals surface area contributed by atoms with Crippen LogP contribution in [0.4, 0.5) is 4.39 Å². The Morgan fingerprint density at radius 2 is 1.61 bits per heavy atom. The molecule has 2 nitrogen and oxygen atoms in total. The zero-order chi connectivity index (χ0) is 12.8. The fourth-order valence-electron chi connectivity index (χ4n) is 2.31. The molecule has 1 aromatic carbocycles. The number of thiol groups is 1. The number of piperazine rings is 1. The van der Waals surface area contributed by atoms with Gasteiger partial charge in [0.2, 0.25) is 0 Å². The first-order valence-corrected chi connectivity index (χ1v) is 7.21. The molecule has 0 aromatic heterocycles. The Labute approximate surface area is 114 Å². The lowest BCUT2D eigenvalue weighted by Gasteiger charge is -2.34. The van der Waals surface area contributed by atoms with Crippen LogP contribution in [0.1, 0.15) is 12.0 Å². The number of benzene rings is 1. The quantitative estimate of drug-likeness (QED) is 0.818. The van der Waals surface area contributed by atoms with Crippen molar-refractivity contribution in [3.8, 4) is 0 Å². The second kappa shape index (κ2) is 7.12. The summed E-state index contributed by atoms with van der Waals surface area (Å²) in [6.45, 7) is 6.56. The Hall–Kier alpha value is -0.580. The van der Waals surface area contributed by atoms with Gasteiger partial charge in [0, 0.05) is 32.7 Å². The summed E-state index contributed by atoms with van der Waals surface area (Å²) in [5.74, 6) is 0.811. The molecular weight excluding hydrogens is 247 g/mol. The van der Waals surface area contributed by atoms with Gasteiger partial charge in [-0.05, 0) is 36.4 Å². The maximum Gasteiger partial charge on any atom is 0.123 e. The van der Waals surface area contributed by atoms with E-state index in [-0.39, 0.29) is 5.82 Å². The van der Waals surface area contributed by atoms with Gasteiger partial charge in [-0.3, -0.25) is 4.90 Å². The van der Waals surface area contributed by atoms with E-state index in [2.05, 4.69) is 22.4 Å². The molecule has 0 atom stereocenters. The van der Waals surface area contributed by atoms with Crippen molar-refractivity contribution in [2.24, 2.45) is 0 Å². The van der Waals surface area contributed by atoms with Crippen LogP contribution < -0.4 is 0 Å². The van der Waals surface area contributed by atoms with Crippen LogP contribution in [0.3, 0.4) is 0 Å². The third-order valence-corrected chi connectivity index (χ3v) is 3.73. The Bertz CT molecular complexity index is 347. The molecule has 0 amide bonds. The highest BCUT2D eigenvalue weighted by Crippen LogP contribution is 2.09. The molecule has 0 unspecified atom stereocenters. The molecular formula is C14H21FN2S. The van der Waals surface area contributed by atoms with Gasteiger partial charge < -0.3 is 4.90 Å². The molecule has 0 spiro atoms. The zero-order valence-corrected chi connectivity index (χ0v) is 11.6. The lowest BCUT2D eigenvalue weighted by atomic mass is 10.2. The first-order valence-electron chi connectivity index (χ1n) is 6.58. The first kappa shape index (κ1) is 13.8. The van der Waals surface area contributed by atoms with E-state index >= 15 is 0 Å². The predicted molar refractivity (Wildman–Crippen MR) is 76.6 cm³/mol. The summed E-state index contributed by atoms with van der Waals surface area (Å²) < 4.78 is 12.8. The Kier molecular flexibility index (Phi) is 5.47. The summed E-state index contributed by atoms with van der Waals surface area (Å²) in [7, 11) is 0. The molecule has 18 heavy (non-hydrogen) atoms. The smallest absolute Gasteiger partial charge is 0.123 e.